The smallest absolute Gasteiger partial charge is 0.0894 e. The monoisotopic (exact) mass is 249 g/mol. The number of rotatable bonds is 2. The van der Waals surface area contributed by atoms with E-state index < -0.39 is 0 Å². The summed E-state index contributed by atoms with van der Waals surface area (Å²) in [6, 6.07) is 12.1. The third kappa shape index (κ3) is 2.60. The zero-order valence-corrected chi connectivity index (χ0v) is 10.8. The fourth-order valence-corrected chi connectivity index (χ4v) is 2.10. The minimum atomic E-state index is 0.334. The Morgan fingerprint density at radius 2 is 1.84 bits per heavy atom. The molecule has 1 atom stereocenters. The van der Waals surface area contributed by atoms with Gasteiger partial charge in [0.05, 0.1) is 28.8 Å². The standard InChI is InChI=1S/C16H15N3/c1-12-6-4-8-15(18-12)16-10-5-9-14(19-16)13-7-2-3-11-17-13/h2-5,7-12H,6H2,1H3. The summed E-state index contributed by atoms with van der Waals surface area (Å²) in [6.45, 7) is 2.12. The molecule has 0 aromatic carbocycles. The minimum absolute atomic E-state index is 0.334. The second-order valence-corrected chi connectivity index (χ2v) is 4.62. The number of dihydropyridines is 1. The van der Waals surface area contributed by atoms with E-state index in [0.717, 1.165) is 29.2 Å². The highest BCUT2D eigenvalue weighted by molar-refractivity contribution is 6.08. The second-order valence-electron chi connectivity index (χ2n) is 4.62. The van der Waals surface area contributed by atoms with Crippen LogP contribution in [0.2, 0.25) is 0 Å². The van der Waals surface area contributed by atoms with Gasteiger partial charge in [-0.2, -0.15) is 0 Å². The highest BCUT2D eigenvalue weighted by Crippen LogP contribution is 2.16. The van der Waals surface area contributed by atoms with Crippen LogP contribution in [0.1, 0.15) is 19.0 Å². The van der Waals surface area contributed by atoms with E-state index in [1.807, 2.05) is 42.5 Å². The summed E-state index contributed by atoms with van der Waals surface area (Å²) in [5.74, 6) is 0. The molecule has 0 spiro atoms. The molecule has 2 aromatic heterocycles. The molecule has 0 saturated carbocycles. The Labute approximate surface area is 112 Å². The van der Waals surface area contributed by atoms with Gasteiger partial charge in [0.2, 0.25) is 0 Å². The molecule has 94 valence electrons. The third-order valence-corrected chi connectivity index (χ3v) is 3.05. The topological polar surface area (TPSA) is 38.1 Å². The van der Waals surface area contributed by atoms with Crippen LogP contribution in [-0.4, -0.2) is 21.7 Å². The summed E-state index contributed by atoms with van der Waals surface area (Å²) in [4.78, 5) is 13.6. The Morgan fingerprint density at radius 1 is 1.00 bits per heavy atom. The van der Waals surface area contributed by atoms with Crippen LogP contribution in [0.15, 0.2) is 59.7 Å². The van der Waals surface area contributed by atoms with E-state index >= 15 is 0 Å². The molecule has 3 rings (SSSR count). The van der Waals surface area contributed by atoms with Crippen molar-refractivity contribution in [2.45, 2.75) is 19.4 Å². The summed E-state index contributed by atoms with van der Waals surface area (Å²) in [7, 11) is 0. The quantitative estimate of drug-likeness (QED) is 0.819. The summed E-state index contributed by atoms with van der Waals surface area (Å²) in [6.07, 6.45) is 6.99. The van der Waals surface area contributed by atoms with E-state index in [-0.39, 0.29) is 0 Å². The van der Waals surface area contributed by atoms with E-state index in [0.29, 0.717) is 6.04 Å². The molecular weight excluding hydrogens is 234 g/mol. The fourth-order valence-electron chi connectivity index (χ4n) is 2.10. The van der Waals surface area contributed by atoms with Crippen LogP contribution >= 0.6 is 0 Å². The van der Waals surface area contributed by atoms with Crippen molar-refractivity contribution in [2.24, 2.45) is 4.99 Å². The van der Waals surface area contributed by atoms with Crippen molar-refractivity contribution in [3.63, 3.8) is 0 Å². The van der Waals surface area contributed by atoms with Gasteiger partial charge < -0.3 is 0 Å². The highest BCUT2D eigenvalue weighted by Gasteiger charge is 2.10. The van der Waals surface area contributed by atoms with Crippen LogP contribution in [0.4, 0.5) is 0 Å². The van der Waals surface area contributed by atoms with Crippen LogP contribution < -0.4 is 0 Å². The molecule has 2 aromatic rings. The molecule has 1 aliphatic rings. The molecule has 3 nitrogen and oxygen atoms in total. The molecule has 1 unspecified atom stereocenters. The molecule has 0 saturated heterocycles. The van der Waals surface area contributed by atoms with Crippen molar-refractivity contribution < 1.29 is 0 Å². The molecule has 0 N–H and O–H groups in total. The molecule has 0 radical (unpaired) electrons. The Hall–Kier alpha value is -2.29. The molecular formula is C16H15N3. The van der Waals surface area contributed by atoms with E-state index in [1.54, 1.807) is 6.20 Å². The Bertz CT molecular complexity index is 629. The Balaban J connectivity index is 1.99. The van der Waals surface area contributed by atoms with Gasteiger partial charge in [-0.3, -0.25) is 9.98 Å². The summed E-state index contributed by atoms with van der Waals surface area (Å²) in [5, 5.41) is 0. The maximum absolute atomic E-state index is 4.66. The van der Waals surface area contributed by atoms with Crippen molar-refractivity contribution >= 4 is 5.71 Å². The van der Waals surface area contributed by atoms with Gasteiger partial charge in [-0.1, -0.05) is 18.2 Å². The van der Waals surface area contributed by atoms with Gasteiger partial charge in [0.1, 0.15) is 0 Å². The van der Waals surface area contributed by atoms with E-state index in [4.69, 9.17) is 0 Å². The number of hydrogen-bond acceptors (Lipinski definition) is 3. The van der Waals surface area contributed by atoms with Gasteiger partial charge in [0, 0.05) is 6.20 Å². The van der Waals surface area contributed by atoms with Crippen LogP contribution in [0.25, 0.3) is 11.4 Å². The molecule has 0 amide bonds. The lowest BCUT2D eigenvalue weighted by Gasteiger charge is -2.11. The normalized spacial score (nSPS) is 18.2. The van der Waals surface area contributed by atoms with Crippen LogP contribution in [0.5, 0.6) is 0 Å². The molecule has 3 heterocycles. The zero-order chi connectivity index (χ0) is 13.1. The number of allylic oxidation sites excluding steroid dienone is 1. The highest BCUT2D eigenvalue weighted by atomic mass is 14.8. The van der Waals surface area contributed by atoms with Crippen LogP contribution in [0.3, 0.4) is 0 Å². The summed E-state index contributed by atoms with van der Waals surface area (Å²) >= 11 is 0. The third-order valence-electron chi connectivity index (χ3n) is 3.05. The first-order chi connectivity index (χ1) is 9.33. The van der Waals surface area contributed by atoms with Gasteiger partial charge in [0.15, 0.2) is 0 Å². The molecule has 19 heavy (non-hydrogen) atoms. The van der Waals surface area contributed by atoms with Crippen molar-refractivity contribution in [3.05, 3.63) is 60.4 Å². The van der Waals surface area contributed by atoms with Gasteiger partial charge in [-0.15, -0.1) is 0 Å². The fraction of sp³-hybridized carbons (Fsp3) is 0.188. The van der Waals surface area contributed by atoms with Crippen molar-refractivity contribution in [2.75, 3.05) is 0 Å². The van der Waals surface area contributed by atoms with E-state index in [9.17, 15) is 0 Å². The SMILES string of the molecule is CC1CC=CC(c2cccc(-c3ccccn3)n2)=N1. The average Bonchev–Trinajstić information content (AvgIpc) is 2.48. The molecule has 1 aliphatic heterocycles. The lowest BCUT2D eigenvalue weighted by atomic mass is 10.1. The van der Waals surface area contributed by atoms with Gasteiger partial charge in [-0.25, -0.2) is 4.98 Å². The summed E-state index contributed by atoms with van der Waals surface area (Å²) in [5.41, 5.74) is 3.63. The second kappa shape index (κ2) is 5.14. The lowest BCUT2D eigenvalue weighted by molar-refractivity contribution is 0.752. The predicted molar refractivity (Wildman–Crippen MR) is 77.2 cm³/mol. The van der Waals surface area contributed by atoms with E-state index in [1.165, 1.54) is 0 Å². The Kier molecular flexibility index (Phi) is 3.19. The maximum Gasteiger partial charge on any atom is 0.0894 e. The lowest BCUT2D eigenvalue weighted by Crippen LogP contribution is -2.10. The predicted octanol–water partition coefficient (Wildman–Crippen LogP) is 3.28. The van der Waals surface area contributed by atoms with Gasteiger partial charge >= 0.3 is 0 Å². The van der Waals surface area contributed by atoms with Crippen LogP contribution in [-0.2, 0) is 0 Å². The summed E-state index contributed by atoms with van der Waals surface area (Å²) < 4.78 is 0. The van der Waals surface area contributed by atoms with E-state index in [2.05, 4.69) is 28.0 Å². The number of aliphatic imine (C=N–C) groups is 1. The minimum Gasteiger partial charge on any atom is -0.280 e. The molecule has 3 heteroatoms. The Morgan fingerprint density at radius 3 is 2.63 bits per heavy atom. The first kappa shape index (κ1) is 11.8. The maximum atomic E-state index is 4.66. The number of hydrogen-bond donors (Lipinski definition) is 0. The first-order valence-electron chi connectivity index (χ1n) is 6.46. The van der Waals surface area contributed by atoms with Crippen molar-refractivity contribution in [1.82, 2.24) is 9.97 Å². The van der Waals surface area contributed by atoms with Gasteiger partial charge in [-0.05, 0) is 43.7 Å². The molecule has 0 aliphatic carbocycles. The zero-order valence-electron chi connectivity index (χ0n) is 10.8. The van der Waals surface area contributed by atoms with Crippen LogP contribution in [0, 0.1) is 0 Å². The molecule has 0 fully saturated rings. The van der Waals surface area contributed by atoms with Crippen molar-refractivity contribution in [1.29, 1.82) is 0 Å². The first-order valence-corrected chi connectivity index (χ1v) is 6.46. The molecule has 0 bridgehead atoms. The number of pyridine rings is 2. The van der Waals surface area contributed by atoms with Gasteiger partial charge in [0.25, 0.3) is 0 Å². The van der Waals surface area contributed by atoms with Crippen molar-refractivity contribution in [3.8, 4) is 11.4 Å². The largest absolute Gasteiger partial charge is 0.280 e. The number of nitrogens with zero attached hydrogens (tertiary/aromatic N) is 3. The number of aromatic nitrogens is 2. The average molecular weight is 249 g/mol.